The van der Waals surface area contributed by atoms with Gasteiger partial charge in [0.1, 0.15) is 18.8 Å². The van der Waals surface area contributed by atoms with Crippen LogP contribution in [0.2, 0.25) is 0 Å². The monoisotopic (exact) mass is 175 g/mol. The third-order valence-corrected chi connectivity index (χ3v) is 1.59. The van der Waals surface area contributed by atoms with E-state index in [4.69, 9.17) is 9.84 Å². The second kappa shape index (κ2) is 3.84. The van der Waals surface area contributed by atoms with Gasteiger partial charge in [0.05, 0.1) is 6.61 Å². The van der Waals surface area contributed by atoms with Crippen LogP contribution in [0.5, 0.6) is 0 Å². The molecule has 1 aliphatic rings. The first kappa shape index (κ1) is 9.44. The zero-order valence-corrected chi connectivity index (χ0v) is 6.64. The van der Waals surface area contributed by atoms with Crippen molar-refractivity contribution in [2.45, 2.75) is 25.2 Å². The molecule has 0 unspecified atom stereocenters. The molecule has 3 atom stereocenters. The molecule has 0 spiro atoms. The zero-order chi connectivity index (χ0) is 9.14. The van der Waals surface area contributed by atoms with Gasteiger partial charge in [0, 0.05) is 6.92 Å². The van der Waals surface area contributed by atoms with Crippen LogP contribution in [-0.2, 0) is 14.3 Å². The van der Waals surface area contributed by atoms with E-state index in [0.29, 0.717) is 0 Å². The molecule has 0 bridgehead atoms. The lowest BCUT2D eigenvalue weighted by Gasteiger charge is -2.14. The van der Waals surface area contributed by atoms with E-state index in [1.807, 2.05) is 0 Å². The van der Waals surface area contributed by atoms with Crippen LogP contribution >= 0.6 is 0 Å². The average Bonchev–Trinajstić information content (AvgIpc) is 2.32. The summed E-state index contributed by atoms with van der Waals surface area (Å²) in [6, 6.07) is 0. The topological polar surface area (TPSA) is 76.0 Å². The molecule has 5 heteroatoms. The number of aliphatic hydroxyl groups is 2. The van der Waals surface area contributed by atoms with Gasteiger partial charge < -0.3 is 19.7 Å². The Morgan fingerprint density at radius 3 is 2.83 bits per heavy atom. The zero-order valence-electron chi connectivity index (χ0n) is 6.64. The Bertz CT molecular complexity index is 169. The van der Waals surface area contributed by atoms with Crippen molar-refractivity contribution in [3.63, 3.8) is 0 Å². The Morgan fingerprint density at radius 2 is 2.42 bits per heavy atom. The van der Waals surface area contributed by atoms with Crippen molar-refractivity contribution in [2.24, 2.45) is 0 Å². The second-order valence-corrected chi connectivity index (χ2v) is 2.56. The summed E-state index contributed by atoms with van der Waals surface area (Å²) in [7, 11) is 0. The van der Waals surface area contributed by atoms with Crippen molar-refractivity contribution in [1.82, 2.24) is 0 Å². The number of hydrogen-bond donors (Lipinski definition) is 2. The summed E-state index contributed by atoms with van der Waals surface area (Å²) in [5.74, 6) is -0.488. The van der Waals surface area contributed by atoms with Crippen LogP contribution in [0, 0.1) is 6.61 Å². The molecule has 0 aromatic carbocycles. The summed E-state index contributed by atoms with van der Waals surface area (Å²) in [4.78, 5) is 10.5. The third-order valence-electron chi connectivity index (χ3n) is 1.59. The molecule has 69 valence electrons. The van der Waals surface area contributed by atoms with Gasteiger partial charge in [-0.1, -0.05) is 0 Å². The molecule has 1 rings (SSSR count). The molecule has 1 saturated heterocycles. The van der Waals surface area contributed by atoms with Crippen LogP contribution in [0.25, 0.3) is 0 Å². The van der Waals surface area contributed by atoms with Crippen LogP contribution in [0.15, 0.2) is 0 Å². The minimum Gasteiger partial charge on any atom is -0.457 e. The Hall–Kier alpha value is -0.650. The molecule has 0 aliphatic carbocycles. The van der Waals surface area contributed by atoms with E-state index < -0.39 is 24.3 Å². The van der Waals surface area contributed by atoms with E-state index in [1.165, 1.54) is 13.5 Å². The number of hydrogen-bond acceptors (Lipinski definition) is 5. The molecule has 0 aromatic heterocycles. The first-order valence-electron chi connectivity index (χ1n) is 3.60. The van der Waals surface area contributed by atoms with E-state index >= 15 is 0 Å². The van der Waals surface area contributed by atoms with Crippen LogP contribution in [0.3, 0.4) is 0 Å². The quantitative estimate of drug-likeness (QED) is 0.517. The van der Waals surface area contributed by atoms with Gasteiger partial charge in [-0.2, -0.15) is 0 Å². The van der Waals surface area contributed by atoms with Gasteiger partial charge in [-0.15, -0.1) is 0 Å². The Morgan fingerprint density at radius 1 is 1.75 bits per heavy atom. The fraction of sp³-hybridized carbons (Fsp3) is 0.714. The van der Waals surface area contributed by atoms with Gasteiger partial charge in [-0.3, -0.25) is 4.79 Å². The second-order valence-electron chi connectivity index (χ2n) is 2.56. The third kappa shape index (κ3) is 1.94. The summed E-state index contributed by atoms with van der Waals surface area (Å²) in [6.45, 7) is 2.16. The fourth-order valence-electron chi connectivity index (χ4n) is 0.991. The fourth-order valence-corrected chi connectivity index (χ4v) is 0.991. The molecule has 1 heterocycles. The number of ether oxygens (including phenoxy) is 2. The highest BCUT2D eigenvalue weighted by molar-refractivity contribution is 5.66. The number of carbonyl (C=O) groups is 1. The van der Waals surface area contributed by atoms with Crippen molar-refractivity contribution in [3.8, 4) is 0 Å². The average molecular weight is 175 g/mol. The first-order valence-corrected chi connectivity index (χ1v) is 3.60. The highest BCUT2D eigenvalue weighted by atomic mass is 16.6. The van der Waals surface area contributed by atoms with Crippen LogP contribution < -0.4 is 0 Å². The van der Waals surface area contributed by atoms with Crippen LogP contribution in [0.4, 0.5) is 0 Å². The summed E-state index contributed by atoms with van der Waals surface area (Å²) in [5.41, 5.74) is 0. The van der Waals surface area contributed by atoms with E-state index in [1.54, 1.807) is 0 Å². The SMILES string of the molecule is CC(=O)O[C@@H]1[CH]O[C@H](CO)[C@@H]1O. The van der Waals surface area contributed by atoms with Crippen LogP contribution in [0.1, 0.15) is 6.92 Å². The maximum absolute atomic E-state index is 10.5. The summed E-state index contributed by atoms with van der Waals surface area (Å²) >= 11 is 0. The van der Waals surface area contributed by atoms with Crippen LogP contribution in [-0.4, -0.2) is 41.1 Å². The number of esters is 1. The number of carbonyl (C=O) groups excluding carboxylic acids is 1. The Balaban J connectivity index is 2.43. The maximum Gasteiger partial charge on any atom is 0.303 e. The summed E-state index contributed by atoms with van der Waals surface area (Å²) < 4.78 is 9.50. The number of rotatable bonds is 2. The lowest BCUT2D eigenvalue weighted by Crippen LogP contribution is -2.34. The standard InChI is InChI=1S/C7H11O5/c1-4(9)12-6-3-11-5(2-8)7(6)10/h3,5-8,10H,2H2,1H3/t5-,6-,7+/m1/s1. The van der Waals surface area contributed by atoms with Gasteiger partial charge in [-0.05, 0) is 0 Å². The molecule has 1 fully saturated rings. The van der Waals surface area contributed by atoms with E-state index in [-0.39, 0.29) is 6.61 Å². The molecule has 5 nitrogen and oxygen atoms in total. The molecule has 1 aliphatic heterocycles. The molecular weight excluding hydrogens is 164 g/mol. The summed E-state index contributed by atoms with van der Waals surface area (Å²) in [5, 5.41) is 17.9. The van der Waals surface area contributed by atoms with E-state index in [9.17, 15) is 9.90 Å². The maximum atomic E-state index is 10.5. The molecule has 2 N–H and O–H groups in total. The van der Waals surface area contributed by atoms with Crippen molar-refractivity contribution in [2.75, 3.05) is 6.61 Å². The Kier molecular flexibility index (Phi) is 3.02. The highest BCUT2D eigenvalue weighted by Crippen LogP contribution is 2.20. The first-order chi connectivity index (χ1) is 5.65. The van der Waals surface area contributed by atoms with E-state index in [0.717, 1.165) is 0 Å². The molecule has 0 aromatic rings. The normalized spacial score (nSPS) is 35.1. The predicted octanol–water partition coefficient (Wildman–Crippen LogP) is -1.17. The summed E-state index contributed by atoms with van der Waals surface area (Å²) in [6.07, 6.45) is -2.42. The lowest BCUT2D eigenvalue weighted by atomic mass is 10.1. The van der Waals surface area contributed by atoms with Gasteiger partial charge in [0.15, 0.2) is 6.10 Å². The van der Waals surface area contributed by atoms with E-state index in [2.05, 4.69) is 4.74 Å². The minimum absolute atomic E-state index is 0.296. The molecule has 0 saturated carbocycles. The molecule has 1 radical (unpaired) electrons. The lowest BCUT2D eigenvalue weighted by molar-refractivity contribution is -0.148. The van der Waals surface area contributed by atoms with Crippen molar-refractivity contribution in [3.05, 3.63) is 6.61 Å². The van der Waals surface area contributed by atoms with Gasteiger partial charge in [0.25, 0.3) is 0 Å². The highest BCUT2D eigenvalue weighted by Gasteiger charge is 2.38. The van der Waals surface area contributed by atoms with Crippen molar-refractivity contribution in [1.29, 1.82) is 0 Å². The molecular formula is C7H11O5. The Labute approximate surface area is 69.9 Å². The number of aliphatic hydroxyl groups excluding tert-OH is 2. The smallest absolute Gasteiger partial charge is 0.303 e. The van der Waals surface area contributed by atoms with Gasteiger partial charge in [-0.25, -0.2) is 0 Å². The largest absolute Gasteiger partial charge is 0.457 e. The molecule has 0 amide bonds. The molecule has 12 heavy (non-hydrogen) atoms. The van der Waals surface area contributed by atoms with Crippen molar-refractivity contribution < 1.29 is 24.5 Å². The van der Waals surface area contributed by atoms with Gasteiger partial charge in [0.2, 0.25) is 0 Å². The van der Waals surface area contributed by atoms with Crippen molar-refractivity contribution >= 4 is 5.97 Å². The predicted molar refractivity (Wildman–Crippen MR) is 37.8 cm³/mol. The minimum atomic E-state index is -0.973. The van der Waals surface area contributed by atoms with Gasteiger partial charge >= 0.3 is 5.97 Å².